The first-order valence-electron chi connectivity index (χ1n) is 6.60. The number of benzene rings is 1. The fourth-order valence-electron chi connectivity index (χ4n) is 1.86. The molecule has 110 valence electrons. The van der Waals surface area contributed by atoms with Crippen molar-refractivity contribution in [2.75, 3.05) is 18.9 Å². The van der Waals surface area contributed by atoms with Gasteiger partial charge in [0.15, 0.2) is 9.84 Å². The third-order valence-corrected chi connectivity index (χ3v) is 4.85. The molecule has 0 aliphatic heterocycles. The minimum absolute atomic E-state index is 0.000822. The molecule has 0 saturated carbocycles. The minimum Gasteiger partial charge on any atom is -0.396 e. The van der Waals surface area contributed by atoms with Crippen molar-refractivity contribution in [3.05, 3.63) is 29.8 Å². The van der Waals surface area contributed by atoms with E-state index in [0.29, 0.717) is 18.5 Å². The number of aliphatic hydroxyl groups is 1. The lowest BCUT2D eigenvalue weighted by atomic mass is 10.1. The van der Waals surface area contributed by atoms with E-state index in [4.69, 9.17) is 10.4 Å². The van der Waals surface area contributed by atoms with Crippen molar-refractivity contribution in [2.24, 2.45) is 0 Å². The summed E-state index contributed by atoms with van der Waals surface area (Å²) in [5, 5.41) is 20.7. The number of rotatable bonds is 8. The summed E-state index contributed by atoms with van der Waals surface area (Å²) >= 11 is 0. The molecule has 20 heavy (non-hydrogen) atoms. The lowest BCUT2D eigenvalue weighted by molar-refractivity contribution is 0.263. The van der Waals surface area contributed by atoms with Gasteiger partial charge in [0.05, 0.1) is 22.3 Å². The average molecular weight is 296 g/mol. The molecule has 0 fully saturated rings. The summed E-state index contributed by atoms with van der Waals surface area (Å²) in [7, 11) is -3.34. The molecule has 1 aromatic carbocycles. The van der Waals surface area contributed by atoms with Gasteiger partial charge in [0.25, 0.3) is 0 Å². The topological polar surface area (TPSA) is 90.2 Å². The molecule has 0 heterocycles. The fourth-order valence-corrected chi connectivity index (χ4v) is 3.03. The van der Waals surface area contributed by atoms with Gasteiger partial charge >= 0.3 is 0 Å². The second kappa shape index (κ2) is 8.00. The predicted molar refractivity (Wildman–Crippen MR) is 77.0 cm³/mol. The summed E-state index contributed by atoms with van der Waals surface area (Å²) < 4.78 is 24.2. The van der Waals surface area contributed by atoms with Gasteiger partial charge in [-0.25, -0.2) is 8.42 Å². The van der Waals surface area contributed by atoms with Crippen LogP contribution in [0.3, 0.4) is 0 Å². The maximum atomic E-state index is 12.1. The number of aliphatic hydroxyl groups excluding tert-OH is 1. The summed E-state index contributed by atoms with van der Waals surface area (Å²) in [5.41, 5.74) is 0.441. The van der Waals surface area contributed by atoms with Crippen molar-refractivity contribution < 1.29 is 13.5 Å². The molecule has 0 aliphatic rings. The molecule has 0 spiro atoms. The van der Waals surface area contributed by atoms with Gasteiger partial charge in [-0.3, -0.25) is 0 Å². The molecule has 1 rings (SSSR count). The molecule has 1 aromatic rings. The van der Waals surface area contributed by atoms with Crippen LogP contribution in [0.1, 0.15) is 25.3 Å². The van der Waals surface area contributed by atoms with Crippen molar-refractivity contribution in [1.29, 1.82) is 5.26 Å². The van der Waals surface area contributed by atoms with Crippen LogP contribution in [0.15, 0.2) is 29.2 Å². The lowest BCUT2D eigenvalue weighted by Crippen LogP contribution is -2.33. The van der Waals surface area contributed by atoms with Gasteiger partial charge in [-0.05, 0) is 37.1 Å². The van der Waals surface area contributed by atoms with Crippen LogP contribution in [0.5, 0.6) is 0 Å². The highest BCUT2D eigenvalue weighted by atomic mass is 32.2. The van der Waals surface area contributed by atoms with Crippen LogP contribution < -0.4 is 5.32 Å². The summed E-state index contributed by atoms with van der Waals surface area (Å²) in [6.45, 7) is 2.43. The van der Waals surface area contributed by atoms with Gasteiger partial charge in [-0.2, -0.15) is 5.26 Å². The Kier molecular flexibility index (Phi) is 6.65. The molecule has 0 amide bonds. The SMILES string of the molecule is CCC(CCO)NCCS(=O)(=O)c1ccc(C#N)cc1. The zero-order valence-corrected chi connectivity index (χ0v) is 12.4. The second-order valence-electron chi connectivity index (χ2n) is 4.53. The van der Waals surface area contributed by atoms with Crippen LogP contribution in [0.25, 0.3) is 0 Å². The first kappa shape index (κ1) is 16.6. The summed E-state index contributed by atoms with van der Waals surface area (Å²) in [4.78, 5) is 0.230. The molecule has 0 aromatic heterocycles. The first-order chi connectivity index (χ1) is 9.53. The van der Waals surface area contributed by atoms with Crippen molar-refractivity contribution in [3.63, 3.8) is 0 Å². The standard InChI is InChI=1S/C14H20N2O3S/c1-2-13(7-9-17)16-8-10-20(18,19)14-5-3-12(11-15)4-6-14/h3-6,13,16-17H,2,7-10H2,1H3. The Morgan fingerprint density at radius 1 is 1.35 bits per heavy atom. The minimum atomic E-state index is -3.34. The number of nitrogens with zero attached hydrogens (tertiary/aromatic N) is 1. The Balaban J connectivity index is 2.59. The van der Waals surface area contributed by atoms with Crippen molar-refractivity contribution >= 4 is 9.84 Å². The van der Waals surface area contributed by atoms with Gasteiger partial charge in [0.2, 0.25) is 0 Å². The molecule has 0 aliphatic carbocycles. The molecular formula is C14H20N2O3S. The molecule has 0 bridgehead atoms. The quantitative estimate of drug-likeness (QED) is 0.749. The third kappa shape index (κ3) is 4.93. The Morgan fingerprint density at radius 2 is 2.00 bits per heavy atom. The Morgan fingerprint density at radius 3 is 2.50 bits per heavy atom. The predicted octanol–water partition coefficient (Wildman–Crippen LogP) is 1.08. The third-order valence-electron chi connectivity index (χ3n) is 3.12. The van der Waals surface area contributed by atoms with E-state index < -0.39 is 9.84 Å². The van der Waals surface area contributed by atoms with Crippen molar-refractivity contribution in [3.8, 4) is 6.07 Å². The number of nitriles is 1. The van der Waals surface area contributed by atoms with E-state index in [9.17, 15) is 8.42 Å². The first-order valence-corrected chi connectivity index (χ1v) is 8.26. The maximum Gasteiger partial charge on any atom is 0.179 e. The molecule has 1 unspecified atom stereocenters. The van der Waals surface area contributed by atoms with Gasteiger partial charge in [-0.1, -0.05) is 6.92 Å². The van der Waals surface area contributed by atoms with Crippen LogP contribution in [0.4, 0.5) is 0 Å². The van der Waals surface area contributed by atoms with Gasteiger partial charge < -0.3 is 10.4 Å². The summed E-state index contributed by atoms with van der Waals surface area (Å²) in [6, 6.07) is 8.01. The summed E-state index contributed by atoms with van der Waals surface area (Å²) in [6.07, 6.45) is 1.46. The zero-order valence-electron chi connectivity index (χ0n) is 11.5. The second-order valence-corrected chi connectivity index (χ2v) is 6.64. The molecular weight excluding hydrogens is 276 g/mol. The van der Waals surface area contributed by atoms with E-state index in [1.54, 1.807) is 0 Å². The molecule has 5 nitrogen and oxygen atoms in total. The summed E-state index contributed by atoms with van der Waals surface area (Å²) in [5.74, 6) is 0.000822. The Bertz CT molecular complexity index is 547. The fraction of sp³-hybridized carbons (Fsp3) is 0.500. The van der Waals surface area contributed by atoms with Crippen LogP contribution in [-0.2, 0) is 9.84 Å². The lowest BCUT2D eigenvalue weighted by Gasteiger charge is -2.15. The van der Waals surface area contributed by atoms with Crippen LogP contribution in [0.2, 0.25) is 0 Å². The number of nitrogens with one attached hydrogen (secondary N) is 1. The zero-order chi connectivity index (χ0) is 15.0. The van der Waals surface area contributed by atoms with E-state index in [1.807, 2.05) is 13.0 Å². The molecule has 1 atom stereocenters. The van der Waals surface area contributed by atoms with E-state index in [1.165, 1.54) is 24.3 Å². The largest absolute Gasteiger partial charge is 0.396 e. The Hall–Kier alpha value is -1.42. The van der Waals surface area contributed by atoms with Gasteiger partial charge in [-0.15, -0.1) is 0 Å². The van der Waals surface area contributed by atoms with Crippen LogP contribution in [0, 0.1) is 11.3 Å². The molecule has 0 radical (unpaired) electrons. The highest BCUT2D eigenvalue weighted by Crippen LogP contribution is 2.12. The van der Waals surface area contributed by atoms with E-state index in [0.717, 1.165) is 6.42 Å². The Labute approximate surface area is 120 Å². The maximum absolute atomic E-state index is 12.1. The van der Waals surface area contributed by atoms with Gasteiger partial charge in [0.1, 0.15) is 0 Å². The van der Waals surface area contributed by atoms with Crippen LogP contribution >= 0.6 is 0 Å². The normalized spacial score (nSPS) is 12.8. The average Bonchev–Trinajstić information content (AvgIpc) is 2.46. The monoisotopic (exact) mass is 296 g/mol. The van der Waals surface area contributed by atoms with Gasteiger partial charge in [0, 0.05) is 19.2 Å². The van der Waals surface area contributed by atoms with E-state index in [-0.39, 0.29) is 23.3 Å². The van der Waals surface area contributed by atoms with Crippen LogP contribution in [-0.4, -0.2) is 38.5 Å². The molecule has 2 N–H and O–H groups in total. The molecule has 6 heteroatoms. The van der Waals surface area contributed by atoms with E-state index >= 15 is 0 Å². The highest BCUT2D eigenvalue weighted by molar-refractivity contribution is 7.91. The smallest absolute Gasteiger partial charge is 0.179 e. The van der Waals surface area contributed by atoms with Crippen molar-refractivity contribution in [2.45, 2.75) is 30.7 Å². The number of hydrogen-bond donors (Lipinski definition) is 2. The number of sulfone groups is 1. The van der Waals surface area contributed by atoms with E-state index in [2.05, 4.69) is 5.32 Å². The highest BCUT2D eigenvalue weighted by Gasteiger charge is 2.15. The van der Waals surface area contributed by atoms with Crippen molar-refractivity contribution in [1.82, 2.24) is 5.32 Å². The molecule has 0 saturated heterocycles. The number of hydrogen-bond acceptors (Lipinski definition) is 5.